The maximum atomic E-state index is 12.8. The zero-order valence-corrected chi connectivity index (χ0v) is 17.4. The van der Waals surface area contributed by atoms with Crippen LogP contribution in [-0.4, -0.2) is 47.8 Å². The van der Waals surface area contributed by atoms with Crippen LogP contribution in [0.3, 0.4) is 0 Å². The molecule has 0 aromatic carbocycles. The van der Waals surface area contributed by atoms with Crippen LogP contribution in [-0.2, 0) is 19.9 Å². The van der Waals surface area contributed by atoms with Crippen molar-refractivity contribution in [1.29, 1.82) is 0 Å². The Bertz CT molecular complexity index is 792. The SMILES string of the molecule is Cc1nn(C)c(C)c1CCCN(C)C(=O)c1cc2c(s1)N(C)CCCC2. The van der Waals surface area contributed by atoms with E-state index in [0.717, 1.165) is 42.9 Å². The molecular weight excluding hydrogens is 344 g/mol. The molecule has 1 aliphatic heterocycles. The van der Waals surface area contributed by atoms with Crippen molar-refractivity contribution in [2.45, 2.75) is 46.0 Å². The number of thiophene rings is 1. The predicted molar refractivity (Wildman–Crippen MR) is 108 cm³/mol. The van der Waals surface area contributed by atoms with E-state index in [-0.39, 0.29) is 5.91 Å². The molecule has 0 bridgehead atoms. The zero-order chi connectivity index (χ0) is 18.8. The van der Waals surface area contributed by atoms with Gasteiger partial charge in [-0.3, -0.25) is 9.48 Å². The second-order valence-electron chi connectivity index (χ2n) is 7.42. The van der Waals surface area contributed by atoms with Gasteiger partial charge >= 0.3 is 0 Å². The number of anilines is 1. The quantitative estimate of drug-likeness (QED) is 0.803. The highest BCUT2D eigenvalue weighted by Crippen LogP contribution is 2.34. The van der Waals surface area contributed by atoms with Crippen LogP contribution < -0.4 is 4.90 Å². The van der Waals surface area contributed by atoms with E-state index >= 15 is 0 Å². The molecule has 0 fully saturated rings. The van der Waals surface area contributed by atoms with Gasteiger partial charge in [0.15, 0.2) is 0 Å². The first-order valence-corrected chi connectivity index (χ1v) is 10.3. The minimum Gasteiger partial charge on any atom is -0.366 e. The Morgan fingerprint density at radius 3 is 2.77 bits per heavy atom. The minimum absolute atomic E-state index is 0.149. The first-order chi connectivity index (χ1) is 12.4. The number of amides is 1. The maximum Gasteiger partial charge on any atom is 0.263 e. The molecule has 1 amide bonds. The summed E-state index contributed by atoms with van der Waals surface area (Å²) in [6, 6.07) is 2.12. The van der Waals surface area contributed by atoms with E-state index in [0.29, 0.717) is 0 Å². The third kappa shape index (κ3) is 3.80. The monoisotopic (exact) mass is 374 g/mol. The number of hydrogen-bond donors (Lipinski definition) is 0. The lowest BCUT2D eigenvalue weighted by Gasteiger charge is -2.17. The number of hydrogen-bond acceptors (Lipinski definition) is 4. The number of aryl methyl sites for hydroxylation is 3. The Morgan fingerprint density at radius 2 is 2.08 bits per heavy atom. The standard InChI is InChI=1S/C20H30N4OS/c1-14-17(15(2)24(5)21-14)10-8-12-22(3)19(25)18-13-16-9-6-7-11-23(4)20(16)26-18/h13H,6-12H2,1-5H3. The van der Waals surface area contributed by atoms with Gasteiger partial charge in [0, 0.05) is 39.9 Å². The third-order valence-corrected chi connectivity index (χ3v) is 6.74. The van der Waals surface area contributed by atoms with Crippen molar-refractivity contribution in [3.05, 3.63) is 33.5 Å². The van der Waals surface area contributed by atoms with E-state index in [1.165, 1.54) is 34.7 Å². The summed E-state index contributed by atoms with van der Waals surface area (Å²) in [5.41, 5.74) is 4.98. The molecule has 0 unspecified atom stereocenters. The third-order valence-electron chi connectivity index (χ3n) is 5.46. The van der Waals surface area contributed by atoms with E-state index < -0.39 is 0 Å². The molecule has 0 spiro atoms. The van der Waals surface area contributed by atoms with Gasteiger partial charge in [0.1, 0.15) is 0 Å². The van der Waals surface area contributed by atoms with Crippen LogP contribution in [0.5, 0.6) is 0 Å². The second kappa shape index (κ2) is 7.82. The summed E-state index contributed by atoms with van der Waals surface area (Å²) >= 11 is 1.65. The van der Waals surface area contributed by atoms with Crippen molar-refractivity contribution in [1.82, 2.24) is 14.7 Å². The van der Waals surface area contributed by atoms with Gasteiger partial charge in [-0.15, -0.1) is 11.3 Å². The summed E-state index contributed by atoms with van der Waals surface area (Å²) in [4.78, 5) is 17.9. The number of nitrogens with zero attached hydrogens (tertiary/aromatic N) is 4. The fourth-order valence-electron chi connectivity index (χ4n) is 3.75. The highest BCUT2D eigenvalue weighted by molar-refractivity contribution is 7.18. The summed E-state index contributed by atoms with van der Waals surface area (Å²) in [6.07, 6.45) is 5.45. The molecule has 0 radical (unpaired) electrons. The largest absolute Gasteiger partial charge is 0.366 e. The van der Waals surface area contributed by atoms with Crippen LogP contribution in [0.1, 0.15) is 51.4 Å². The molecule has 1 aliphatic rings. The van der Waals surface area contributed by atoms with Crippen LogP contribution in [0.25, 0.3) is 0 Å². The molecule has 0 saturated heterocycles. The van der Waals surface area contributed by atoms with Crippen molar-refractivity contribution in [2.24, 2.45) is 7.05 Å². The first kappa shape index (κ1) is 19.0. The summed E-state index contributed by atoms with van der Waals surface area (Å²) in [6.45, 7) is 6.03. The second-order valence-corrected chi connectivity index (χ2v) is 8.45. The van der Waals surface area contributed by atoms with E-state index in [2.05, 4.69) is 37.0 Å². The normalized spacial score (nSPS) is 14.3. The number of fused-ring (bicyclic) bond motifs is 1. The molecule has 6 heteroatoms. The molecular formula is C20H30N4OS. The molecule has 5 nitrogen and oxygen atoms in total. The Labute approximate surface area is 160 Å². The topological polar surface area (TPSA) is 41.4 Å². The van der Waals surface area contributed by atoms with Gasteiger partial charge in [0.25, 0.3) is 5.91 Å². The molecule has 26 heavy (non-hydrogen) atoms. The highest BCUT2D eigenvalue weighted by atomic mass is 32.1. The van der Waals surface area contributed by atoms with Crippen LogP contribution in [0.2, 0.25) is 0 Å². The van der Waals surface area contributed by atoms with Gasteiger partial charge in [-0.05, 0) is 63.1 Å². The van der Waals surface area contributed by atoms with Gasteiger partial charge < -0.3 is 9.80 Å². The number of aromatic nitrogens is 2. The van der Waals surface area contributed by atoms with Gasteiger partial charge in [-0.2, -0.15) is 5.10 Å². The smallest absolute Gasteiger partial charge is 0.263 e. The Morgan fingerprint density at radius 1 is 1.31 bits per heavy atom. The van der Waals surface area contributed by atoms with E-state index in [1.807, 2.05) is 23.7 Å². The first-order valence-electron chi connectivity index (χ1n) is 9.47. The van der Waals surface area contributed by atoms with Gasteiger partial charge in [0.2, 0.25) is 0 Å². The average molecular weight is 375 g/mol. The minimum atomic E-state index is 0.149. The predicted octanol–water partition coefficient (Wildman–Crippen LogP) is 3.58. The summed E-state index contributed by atoms with van der Waals surface area (Å²) in [5.74, 6) is 0.149. The van der Waals surface area contributed by atoms with Crippen molar-refractivity contribution in [3.8, 4) is 0 Å². The van der Waals surface area contributed by atoms with Gasteiger partial charge in [-0.1, -0.05) is 0 Å². The molecule has 3 rings (SSSR count). The molecule has 2 aromatic rings. The molecule has 2 aromatic heterocycles. The Kier molecular flexibility index (Phi) is 5.70. The molecule has 0 N–H and O–H groups in total. The fourth-order valence-corrected chi connectivity index (χ4v) is 4.95. The molecule has 142 valence electrons. The lowest BCUT2D eigenvalue weighted by atomic mass is 10.1. The summed E-state index contributed by atoms with van der Waals surface area (Å²) in [7, 11) is 6.04. The lowest BCUT2D eigenvalue weighted by Crippen LogP contribution is -2.27. The molecule has 0 saturated carbocycles. The fraction of sp³-hybridized carbons (Fsp3) is 0.600. The number of carbonyl (C=O) groups is 1. The van der Waals surface area contributed by atoms with Crippen molar-refractivity contribution >= 4 is 22.2 Å². The summed E-state index contributed by atoms with van der Waals surface area (Å²) < 4.78 is 1.94. The van der Waals surface area contributed by atoms with Gasteiger partial charge in [0.05, 0.1) is 15.6 Å². The van der Waals surface area contributed by atoms with Crippen LogP contribution in [0, 0.1) is 13.8 Å². The van der Waals surface area contributed by atoms with Crippen molar-refractivity contribution in [3.63, 3.8) is 0 Å². The molecule has 3 heterocycles. The summed E-state index contributed by atoms with van der Waals surface area (Å²) in [5, 5.41) is 5.75. The Balaban J connectivity index is 1.60. The Hall–Kier alpha value is -1.82. The number of carbonyl (C=O) groups excluding carboxylic acids is 1. The van der Waals surface area contributed by atoms with E-state index in [4.69, 9.17) is 0 Å². The molecule has 0 atom stereocenters. The van der Waals surface area contributed by atoms with Crippen molar-refractivity contribution in [2.75, 3.05) is 32.1 Å². The highest BCUT2D eigenvalue weighted by Gasteiger charge is 2.21. The average Bonchev–Trinajstić information content (AvgIpc) is 3.08. The lowest BCUT2D eigenvalue weighted by molar-refractivity contribution is 0.0798. The maximum absolute atomic E-state index is 12.8. The zero-order valence-electron chi connectivity index (χ0n) is 16.6. The number of rotatable bonds is 5. The molecule has 0 aliphatic carbocycles. The van der Waals surface area contributed by atoms with Crippen LogP contribution in [0.4, 0.5) is 5.00 Å². The van der Waals surface area contributed by atoms with Gasteiger partial charge in [-0.25, -0.2) is 0 Å². The van der Waals surface area contributed by atoms with E-state index in [9.17, 15) is 4.79 Å². The van der Waals surface area contributed by atoms with E-state index in [1.54, 1.807) is 11.3 Å². The van der Waals surface area contributed by atoms with Crippen LogP contribution >= 0.6 is 11.3 Å². The van der Waals surface area contributed by atoms with Crippen molar-refractivity contribution < 1.29 is 4.79 Å². The van der Waals surface area contributed by atoms with Crippen LogP contribution in [0.15, 0.2) is 6.07 Å².